The second kappa shape index (κ2) is 7.86. The number of nitrogens with zero attached hydrogens (tertiary/aromatic N) is 1. The lowest BCUT2D eigenvalue weighted by atomic mass is 10.2. The minimum atomic E-state index is 0.0947. The molecule has 2 aromatic rings. The van der Waals surface area contributed by atoms with Gasteiger partial charge in [0.1, 0.15) is 5.75 Å². The summed E-state index contributed by atoms with van der Waals surface area (Å²) < 4.78 is 5.70. The molecule has 0 fully saturated rings. The van der Waals surface area contributed by atoms with Crippen LogP contribution in [0.2, 0.25) is 0 Å². The van der Waals surface area contributed by atoms with E-state index in [0.717, 1.165) is 49.5 Å². The maximum Gasteiger partial charge on any atom is 0.246 e. The number of fused-ring (bicyclic) bond motifs is 1. The first-order valence-electron chi connectivity index (χ1n) is 8.63. The van der Waals surface area contributed by atoms with Gasteiger partial charge in [-0.05, 0) is 36.6 Å². The van der Waals surface area contributed by atoms with Gasteiger partial charge in [-0.2, -0.15) is 0 Å². The highest BCUT2D eigenvalue weighted by Crippen LogP contribution is 2.27. The monoisotopic (exact) mass is 324 g/mol. The molecule has 24 heavy (non-hydrogen) atoms. The van der Waals surface area contributed by atoms with E-state index in [1.165, 1.54) is 5.56 Å². The third-order valence-corrected chi connectivity index (χ3v) is 4.23. The number of carbonyl (C=O) groups excluding carboxylic acids is 1. The van der Waals surface area contributed by atoms with Crippen LogP contribution in [-0.4, -0.2) is 25.6 Å². The molecule has 1 N–H and O–H groups in total. The molecule has 0 saturated heterocycles. The van der Waals surface area contributed by atoms with Crippen LogP contribution in [0.1, 0.15) is 25.3 Å². The van der Waals surface area contributed by atoms with E-state index in [1.54, 1.807) is 0 Å². The van der Waals surface area contributed by atoms with Gasteiger partial charge in [0.15, 0.2) is 0 Å². The standard InChI is InChI=1S/C20H24N2O2/c1-2-3-13-24-18-9-6-8-17(14-18)21-15-20(23)22-12-11-16-7-4-5-10-19(16)22/h4-10,14,21H,2-3,11-13,15H2,1H3. The Kier molecular flexibility index (Phi) is 5.36. The maximum atomic E-state index is 12.5. The summed E-state index contributed by atoms with van der Waals surface area (Å²) in [4.78, 5) is 14.4. The highest BCUT2D eigenvalue weighted by Gasteiger charge is 2.23. The fourth-order valence-electron chi connectivity index (χ4n) is 2.90. The Morgan fingerprint density at radius 1 is 1.21 bits per heavy atom. The lowest BCUT2D eigenvalue weighted by molar-refractivity contribution is -0.116. The van der Waals surface area contributed by atoms with Crippen LogP contribution in [0.3, 0.4) is 0 Å². The molecule has 1 aliphatic heterocycles. The van der Waals surface area contributed by atoms with E-state index in [9.17, 15) is 4.79 Å². The topological polar surface area (TPSA) is 41.6 Å². The Balaban J connectivity index is 1.56. The molecule has 0 spiro atoms. The van der Waals surface area contributed by atoms with Crippen LogP contribution in [0.5, 0.6) is 5.75 Å². The number of hydrogen-bond acceptors (Lipinski definition) is 3. The SMILES string of the molecule is CCCCOc1cccc(NCC(=O)N2CCc3ccccc32)c1. The molecule has 4 heteroatoms. The number of amides is 1. The minimum absolute atomic E-state index is 0.0947. The summed E-state index contributed by atoms with van der Waals surface area (Å²) in [6.07, 6.45) is 3.09. The van der Waals surface area contributed by atoms with E-state index in [1.807, 2.05) is 47.4 Å². The quantitative estimate of drug-likeness (QED) is 0.786. The van der Waals surface area contributed by atoms with E-state index in [4.69, 9.17) is 4.74 Å². The van der Waals surface area contributed by atoms with E-state index in [2.05, 4.69) is 18.3 Å². The molecule has 0 aromatic heterocycles. The highest BCUT2D eigenvalue weighted by atomic mass is 16.5. The summed E-state index contributed by atoms with van der Waals surface area (Å²) in [6.45, 7) is 3.92. The smallest absolute Gasteiger partial charge is 0.246 e. The van der Waals surface area contributed by atoms with Crippen LogP contribution >= 0.6 is 0 Å². The molecule has 0 bridgehead atoms. The average Bonchev–Trinajstić information content (AvgIpc) is 3.04. The fourth-order valence-corrected chi connectivity index (χ4v) is 2.90. The molecule has 0 aliphatic carbocycles. The van der Waals surface area contributed by atoms with Gasteiger partial charge >= 0.3 is 0 Å². The molecule has 0 radical (unpaired) electrons. The molecule has 1 aliphatic rings. The summed E-state index contributed by atoms with van der Waals surface area (Å²) >= 11 is 0. The number of hydrogen-bond donors (Lipinski definition) is 1. The fraction of sp³-hybridized carbons (Fsp3) is 0.350. The van der Waals surface area contributed by atoms with Crippen molar-refractivity contribution in [1.82, 2.24) is 0 Å². The lowest BCUT2D eigenvalue weighted by Gasteiger charge is -2.18. The summed E-state index contributed by atoms with van der Waals surface area (Å²) in [7, 11) is 0. The number of benzene rings is 2. The highest BCUT2D eigenvalue weighted by molar-refractivity contribution is 5.98. The van der Waals surface area contributed by atoms with Crippen LogP contribution in [0.25, 0.3) is 0 Å². The molecule has 2 aromatic carbocycles. The molecular formula is C20H24N2O2. The summed E-state index contributed by atoms with van der Waals surface area (Å²) in [5.74, 6) is 0.935. The Labute approximate surface area is 143 Å². The van der Waals surface area contributed by atoms with Gasteiger partial charge < -0.3 is 15.0 Å². The van der Waals surface area contributed by atoms with Gasteiger partial charge in [0.05, 0.1) is 13.2 Å². The van der Waals surface area contributed by atoms with Crippen LogP contribution < -0.4 is 15.0 Å². The van der Waals surface area contributed by atoms with Crippen molar-refractivity contribution in [3.63, 3.8) is 0 Å². The number of anilines is 2. The molecule has 1 amide bonds. The third kappa shape index (κ3) is 3.88. The minimum Gasteiger partial charge on any atom is -0.494 e. The van der Waals surface area contributed by atoms with Gasteiger partial charge in [-0.25, -0.2) is 0 Å². The number of ether oxygens (including phenoxy) is 1. The van der Waals surface area contributed by atoms with Crippen LogP contribution in [0, 0.1) is 0 Å². The second-order valence-corrected chi connectivity index (χ2v) is 6.01. The second-order valence-electron chi connectivity index (χ2n) is 6.01. The predicted octanol–water partition coefficient (Wildman–Crippen LogP) is 3.87. The lowest BCUT2D eigenvalue weighted by Crippen LogP contribution is -2.34. The molecule has 0 saturated carbocycles. The Morgan fingerprint density at radius 3 is 2.96 bits per heavy atom. The maximum absolute atomic E-state index is 12.5. The van der Waals surface area contributed by atoms with Crippen molar-refractivity contribution < 1.29 is 9.53 Å². The van der Waals surface area contributed by atoms with Crippen molar-refractivity contribution in [2.24, 2.45) is 0 Å². The van der Waals surface area contributed by atoms with Crippen molar-refractivity contribution >= 4 is 17.3 Å². The van der Waals surface area contributed by atoms with Crippen molar-refractivity contribution in [1.29, 1.82) is 0 Å². The predicted molar refractivity (Wildman–Crippen MR) is 97.8 cm³/mol. The first-order chi connectivity index (χ1) is 11.8. The summed E-state index contributed by atoms with van der Waals surface area (Å²) in [5.41, 5.74) is 3.20. The molecule has 3 rings (SSSR count). The van der Waals surface area contributed by atoms with E-state index < -0.39 is 0 Å². The molecule has 4 nitrogen and oxygen atoms in total. The van der Waals surface area contributed by atoms with Gasteiger partial charge in [0, 0.05) is 24.0 Å². The van der Waals surface area contributed by atoms with E-state index in [-0.39, 0.29) is 12.5 Å². The normalized spacial score (nSPS) is 12.8. The van der Waals surface area contributed by atoms with Gasteiger partial charge in [-0.15, -0.1) is 0 Å². The Morgan fingerprint density at radius 2 is 2.08 bits per heavy atom. The first kappa shape index (κ1) is 16.4. The number of para-hydroxylation sites is 1. The molecule has 0 unspecified atom stereocenters. The van der Waals surface area contributed by atoms with Crippen molar-refractivity contribution in [3.8, 4) is 5.75 Å². The van der Waals surface area contributed by atoms with E-state index >= 15 is 0 Å². The van der Waals surface area contributed by atoms with Gasteiger partial charge in [-0.1, -0.05) is 37.6 Å². The Bertz CT molecular complexity index is 700. The van der Waals surface area contributed by atoms with Gasteiger partial charge in [0.2, 0.25) is 5.91 Å². The zero-order valence-corrected chi connectivity index (χ0v) is 14.1. The number of nitrogens with one attached hydrogen (secondary N) is 1. The van der Waals surface area contributed by atoms with Gasteiger partial charge in [-0.3, -0.25) is 4.79 Å². The molecule has 0 atom stereocenters. The zero-order chi connectivity index (χ0) is 16.8. The summed E-state index contributed by atoms with van der Waals surface area (Å²) in [6, 6.07) is 15.9. The number of unbranched alkanes of at least 4 members (excludes halogenated alkanes) is 1. The molecule has 1 heterocycles. The van der Waals surface area contributed by atoms with Gasteiger partial charge in [0.25, 0.3) is 0 Å². The van der Waals surface area contributed by atoms with Crippen molar-refractivity contribution in [2.75, 3.05) is 29.9 Å². The van der Waals surface area contributed by atoms with Crippen LogP contribution in [-0.2, 0) is 11.2 Å². The van der Waals surface area contributed by atoms with Crippen LogP contribution in [0.4, 0.5) is 11.4 Å². The number of carbonyl (C=O) groups is 1. The van der Waals surface area contributed by atoms with Crippen molar-refractivity contribution in [2.45, 2.75) is 26.2 Å². The summed E-state index contributed by atoms with van der Waals surface area (Å²) in [5, 5.41) is 3.21. The first-order valence-corrected chi connectivity index (χ1v) is 8.63. The third-order valence-electron chi connectivity index (χ3n) is 4.23. The average molecular weight is 324 g/mol. The van der Waals surface area contributed by atoms with E-state index in [0.29, 0.717) is 0 Å². The zero-order valence-electron chi connectivity index (χ0n) is 14.1. The molecule has 126 valence electrons. The largest absolute Gasteiger partial charge is 0.494 e. The van der Waals surface area contributed by atoms with Crippen LogP contribution in [0.15, 0.2) is 48.5 Å². The Hall–Kier alpha value is -2.49. The number of rotatable bonds is 7. The van der Waals surface area contributed by atoms with Crippen molar-refractivity contribution in [3.05, 3.63) is 54.1 Å². The molecular weight excluding hydrogens is 300 g/mol.